The molecule has 0 aliphatic carbocycles. The molecule has 0 saturated carbocycles. The van der Waals surface area contributed by atoms with E-state index in [0.717, 1.165) is 29.3 Å². The van der Waals surface area contributed by atoms with Crippen LogP contribution in [0.3, 0.4) is 0 Å². The third kappa shape index (κ3) is 4.07. The van der Waals surface area contributed by atoms with Gasteiger partial charge < -0.3 is 5.73 Å². The van der Waals surface area contributed by atoms with E-state index in [9.17, 15) is 0 Å². The number of nitrogen functional groups attached to an aromatic ring is 1. The number of rotatable bonds is 5. The van der Waals surface area contributed by atoms with E-state index in [-0.39, 0.29) is 0 Å². The van der Waals surface area contributed by atoms with Gasteiger partial charge in [-0.05, 0) is 42.4 Å². The summed E-state index contributed by atoms with van der Waals surface area (Å²) in [5.41, 5.74) is 7.87. The first-order valence-electron chi connectivity index (χ1n) is 5.58. The number of aromatic nitrogens is 2. The van der Waals surface area contributed by atoms with Gasteiger partial charge in [0.25, 0.3) is 0 Å². The van der Waals surface area contributed by atoms with Gasteiger partial charge in [-0.3, -0.25) is 0 Å². The fraction of sp³-hybridized carbons (Fsp3) is 0.231. The summed E-state index contributed by atoms with van der Waals surface area (Å²) in [4.78, 5) is 8.06. The molecule has 1 heterocycles. The number of aryl methyl sites for hydroxylation is 1. The second-order valence-electron chi connectivity index (χ2n) is 3.74. The Labute approximate surface area is 105 Å². The third-order valence-corrected chi connectivity index (χ3v) is 3.40. The Bertz CT molecular complexity index is 459. The molecule has 17 heavy (non-hydrogen) atoms. The van der Waals surface area contributed by atoms with Gasteiger partial charge in [0.1, 0.15) is 6.33 Å². The van der Waals surface area contributed by atoms with Crippen molar-refractivity contribution in [3.63, 3.8) is 0 Å². The summed E-state index contributed by atoms with van der Waals surface area (Å²) in [6.07, 6.45) is 5.54. The van der Waals surface area contributed by atoms with Crippen molar-refractivity contribution in [2.45, 2.75) is 17.9 Å². The molecule has 2 aromatic rings. The van der Waals surface area contributed by atoms with Crippen LogP contribution in [-0.4, -0.2) is 15.7 Å². The molecule has 1 aromatic carbocycles. The largest absolute Gasteiger partial charge is 0.399 e. The SMILES string of the molecule is Nc1cccc(CCCSc2ccncn2)c1. The van der Waals surface area contributed by atoms with Crippen LogP contribution >= 0.6 is 11.8 Å². The van der Waals surface area contributed by atoms with Crippen molar-refractivity contribution >= 4 is 17.4 Å². The van der Waals surface area contributed by atoms with E-state index in [2.05, 4.69) is 16.0 Å². The molecule has 0 atom stereocenters. The van der Waals surface area contributed by atoms with Crippen LogP contribution in [0.5, 0.6) is 0 Å². The number of thioether (sulfide) groups is 1. The van der Waals surface area contributed by atoms with E-state index in [1.807, 2.05) is 24.3 Å². The second kappa shape index (κ2) is 6.25. The highest BCUT2D eigenvalue weighted by Gasteiger charge is 1.97. The van der Waals surface area contributed by atoms with Crippen LogP contribution in [0.25, 0.3) is 0 Å². The molecule has 0 saturated heterocycles. The summed E-state index contributed by atoms with van der Waals surface area (Å²) >= 11 is 1.76. The average molecular weight is 245 g/mol. The second-order valence-corrected chi connectivity index (χ2v) is 4.86. The Morgan fingerprint density at radius 2 is 2.18 bits per heavy atom. The lowest BCUT2D eigenvalue weighted by Gasteiger charge is -2.02. The smallest absolute Gasteiger partial charge is 0.116 e. The van der Waals surface area contributed by atoms with Crippen molar-refractivity contribution in [2.24, 2.45) is 0 Å². The van der Waals surface area contributed by atoms with Crippen LogP contribution in [0.2, 0.25) is 0 Å². The minimum atomic E-state index is 0.839. The zero-order valence-electron chi connectivity index (χ0n) is 9.54. The van der Waals surface area contributed by atoms with Crippen LogP contribution in [0, 0.1) is 0 Å². The Morgan fingerprint density at radius 3 is 2.94 bits per heavy atom. The molecule has 0 fully saturated rings. The van der Waals surface area contributed by atoms with Crippen LogP contribution in [0.15, 0.2) is 47.9 Å². The maximum atomic E-state index is 5.73. The maximum Gasteiger partial charge on any atom is 0.116 e. The highest BCUT2D eigenvalue weighted by Crippen LogP contribution is 2.16. The number of nitrogens with zero attached hydrogens (tertiary/aromatic N) is 2. The first-order chi connectivity index (χ1) is 8.34. The Morgan fingerprint density at radius 1 is 1.24 bits per heavy atom. The average Bonchev–Trinajstić information content (AvgIpc) is 2.36. The predicted octanol–water partition coefficient (Wildman–Crippen LogP) is 2.78. The summed E-state index contributed by atoms with van der Waals surface area (Å²) in [6, 6.07) is 10.0. The van der Waals surface area contributed by atoms with Crippen LogP contribution in [0.4, 0.5) is 5.69 Å². The number of anilines is 1. The molecule has 0 amide bonds. The van der Waals surface area contributed by atoms with Gasteiger partial charge in [-0.25, -0.2) is 9.97 Å². The molecule has 0 aliphatic heterocycles. The lowest BCUT2D eigenvalue weighted by Crippen LogP contribution is -1.91. The lowest BCUT2D eigenvalue weighted by molar-refractivity contribution is 0.930. The van der Waals surface area contributed by atoms with E-state index in [4.69, 9.17) is 5.73 Å². The van der Waals surface area contributed by atoms with E-state index in [1.165, 1.54) is 5.56 Å². The molecule has 0 spiro atoms. The molecule has 3 nitrogen and oxygen atoms in total. The summed E-state index contributed by atoms with van der Waals surface area (Å²) in [5, 5.41) is 1.03. The maximum absolute atomic E-state index is 5.73. The molecule has 1 aromatic heterocycles. The highest BCUT2D eigenvalue weighted by molar-refractivity contribution is 7.99. The van der Waals surface area contributed by atoms with Crippen molar-refractivity contribution in [2.75, 3.05) is 11.5 Å². The minimum Gasteiger partial charge on any atom is -0.399 e. The zero-order chi connectivity index (χ0) is 11.9. The summed E-state index contributed by atoms with van der Waals surface area (Å²) in [5.74, 6) is 1.06. The first-order valence-corrected chi connectivity index (χ1v) is 6.56. The van der Waals surface area contributed by atoms with Crippen molar-refractivity contribution < 1.29 is 0 Å². The molecule has 0 bridgehead atoms. The van der Waals surface area contributed by atoms with Gasteiger partial charge >= 0.3 is 0 Å². The fourth-order valence-electron chi connectivity index (χ4n) is 1.57. The standard InChI is InChI=1S/C13H15N3S/c14-12-5-1-3-11(9-12)4-2-8-17-13-6-7-15-10-16-13/h1,3,5-7,9-10H,2,4,8,14H2. The molecule has 88 valence electrons. The molecule has 2 N–H and O–H groups in total. The monoisotopic (exact) mass is 245 g/mol. The Kier molecular flexibility index (Phi) is 4.38. The number of hydrogen-bond donors (Lipinski definition) is 1. The number of nitrogens with two attached hydrogens (primary N) is 1. The van der Waals surface area contributed by atoms with E-state index >= 15 is 0 Å². The van der Waals surface area contributed by atoms with Gasteiger partial charge in [-0.2, -0.15) is 0 Å². The van der Waals surface area contributed by atoms with Crippen LogP contribution in [0.1, 0.15) is 12.0 Å². The van der Waals surface area contributed by atoms with Crippen molar-refractivity contribution in [1.29, 1.82) is 0 Å². The molecule has 0 radical (unpaired) electrons. The van der Waals surface area contributed by atoms with Crippen molar-refractivity contribution in [1.82, 2.24) is 9.97 Å². The van der Waals surface area contributed by atoms with Gasteiger partial charge in [-0.1, -0.05) is 12.1 Å². The summed E-state index contributed by atoms with van der Waals surface area (Å²) in [7, 11) is 0. The molecule has 0 unspecified atom stereocenters. The van der Waals surface area contributed by atoms with Crippen molar-refractivity contribution in [3.8, 4) is 0 Å². The van der Waals surface area contributed by atoms with Crippen LogP contribution in [-0.2, 0) is 6.42 Å². The molecule has 4 heteroatoms. The molecule has 2 rings (SSSR count). The normalized spacial score (nSPS) is 10.4. The van der Waals surface area contributed by atoms with Gasteiger partial charge in [0, 0.05) is 11.9 Å². The summed E-state index contributed by atoms with van der Waals surface area (Å²) in [6.45, 7) is 0. The number of hydrogen-bond acceptors (Lipinski definition) is 4. The lowest BCUT2D eigenvalue weighted by atomic mass is 10.1. The number of benzene rings is 1. The zero-order valence-corrected chi connectivity index (χ0v) is 10.4. The van der Waals surface area contributed by atoms with Crippen LogP contribution < -0.4 is 5.73 Å². The molecular formula is C13H15N3S. The van der Waals surface area contributed by atoms with E-state index in [0.29, 0.717) is 0 Å². The Hall–Kier alpha value is -1.55. The van der Waals surface area contributed by atoms with E-state index < -0.39 is 0 Å². The van der Waals surface area contributed by atoms with Gasteiger partial charge in [0.05, 0.1) is 5.03 Å². The first kappa shape index (κ1) is 11.9. The molecular weight excluding hydrogens is 230 g/mol. The molecule has 0 aliphatic rings. The van der Waals surface area contributed by atoms with E-state index in [1.54, 1.807) is 24.3 Å². The highest BCUT2D eigenvalue weighted by atomic mass is 32.2. The van der Waals surface area contributed by atoms with Gasteiger partial charge in [0.15, 0.2) is 0 Å². The van der Waals surface area contributed by atoms with Gasteiger partial charge in [-0.15, -0.1) is 11.8 Å². The van der Waals surface area contributed by atoms with Gasteiger partial charge in [0.2, 0.25) is 0 Å². The predicted molar refractivity (Wildman–Crippen MR) is 71.9 cm³/mol. The quantitative estimate of drug-likeness (QED) is 0.381. The summed E-state index contributed by atoms with van der Waals surface area (Å²) < 4.78 is 0. The Balaban J connectivity index is 1.73. The minimum absolute atomic E-state index is 0.839. The van der Waals surface area contributed by atoms with Crippen molar-refractivity contribution in [3.05, 3.63) is 48.4 Å². The topological polar surface area (TPSA) is 51.8 Å². The fourth-order valence-corrected chi connectivity index (χ4v) is 2.34. The third-order valence-electron chi connectivity index (χ3n) is 2.37.